The molecule has 0 saturated carbocycles. The average molecular weight is 435 g/mol. The molecule has 0 radical (unpaired) electrons. The molecule has 0 spiro atoms. The summed E-state index contributed by atoms with van der Waals surface area (Å²) in [6.45, 7) is 5.34. The van der Waals surface area contributed by atoms with Gasteiger partial charge in [-0.15, -0.1) is 0 Å². The Hall–Kier alpha value is -1.44. The first-order valence-electron chi connectivity index (χ1n) is 8.17. The molecule has 0 aromatic heterocycles. The molecule has 4 nitrogen and oxygen atoms in total. The number of carbonyl (C=O) groups excluding carboxylic acids is 1. The molecule has 1 heterocycles. The van der Waals surface area contributed by atoms with Gasteiger partial charge in [-0.1, -0.05) is 24.3 Å². The lowest BCUT2D eigenvalue weighted by molar-refractivity contribution is 0.102. The number of anilines is 1. The number of nitrogens with zero attached hydrogens (tertiary/aromatic N) is 2. The predicted molar refractivity (Wildman–Crippen MR) is 106 cm³/mol. The second-order valence-electron chi connectivity index (χ2n) is 6.21. The quantitative estimate of drug-likeness (QED) is 0.749. The fourth-order valence-corrected chi connectivity index (χ4v) is 3.49. The van der Waals surface area contributed by atoms with Crippen LogP contribution in [0.4, 0.5) is 5.69 Å². The summed E-state index contributed by atoms with van der Waals surface area (Å²) in [5.74, 6) is -0.0586. The van der Waals surface area contributed by atoms with Gasteiger partial charge in [0.2, 0.25) is 0 Å². The van der Waals surface area contributed by atoms with Crippen molar-refractivity contribution >= 4 is 34.2 Å². The highest BCUT2D eigenvalue weighted by Crippen LogP contribution is 2.17. The van der Waals surface area contributed by atoms with Crippen LogP contribution in [0.2, 0.25) is 0 Å². The number of halogens is 1. The van der Waals surface area contributed by atoms with Crippen molar-refractivity contribution in [2.24, 2.45) is 0 Å². The molecular formula is C19H22IN3O. The minimum absolute atomic E-state index is 0.0586. The van der Waals surface area contributed by atoms with Crippen LogP contribution in [0.25, 0.3) is 0 Å². The van der Waals surface area contributed by atoms with Gasteiger partial charge in [-0.2, -0.15) is 0 Å². The van der Waals surface area contributed by atoms with E-state index in [0.29, 0.717) is 5.56 Å². The maximum absolute atomic E-state index is 12.4. The van der Waals surface area contributed by atoms with Crippen LogP contribution in [0, 0.1) is 3.57 Å². The van der Waals surface area contributed by atoms with Crippen molar-refractivity contribution in [3.05, 3.63) is 63.2 Å². The van der Waals surface area contributed by atoms with Crippen molar-refractivity contribution in [2.75, 3.05) is 38.5 Å². The Labute approximate surface area is 157 Å². The number of rotatable bonds is 4. The van der Waals surface area contributed by atoms with Gasteiger partial charge in [0.15, 0.2) is 0 Å². The number of carbonyl (C=O) groups is 1. The maximum atomic E-state index is 12.4. The van der Waals surface area contributed by atoms with E-state index < -0.39 is 0 Å². The second kappa shape index (κ2) is 8.09. The van der Waals surface area contributed by atoms with Crippen LogP contribution in [0.1, 0.15) is 15.9 Å². The highest BCUT2D eigenvalue weighted by Gasteiger charge is 2.14. The van der Waals surface area contributed by atoms with Crippen LogP contribution in [-0.4, -0.2) is 48.9 Å². The molecule has 1 aliphatic rings. The fourth-order valence-electron chi connectivity index (χ4n) is 2.86. The van der Waals surface area contributed by atoms with Crippen molar-refractivity contribution in [2.45, 2.75) is 6.54 Å². The lowest BCUT2D eigenvalue weighted by atomic mass is 10.1. The zero-order valence-electron chi connectivity index (χ0n) is 13.8. The van der Waals surface area contributed by atoms with Gasteiger partial charge in [-0.05, 0) is 59.5 Å². The van der Waals surface area contributed by atoms with Crippen molar-refractivity contribution < 1.29 is 4.79 Å². The molecule has 1 aliphatic heterocycles. The molecule has 2 aromatic rings. The molecular weight excluding hydrogens is 413 g/mol. The van der Waals surface area contributed by atoms with Gasteiger partial charge in [-0.25, -0.2) is 0 Å². The number of piperazine rings is 1. The van der Waals surface area contributed by atoms with E-state index >= 15 is 0 Å². The van der Waals surface area contributed by atoms with Gasteiger partial charge in [-0.3, -0.25) is 9.69 Å². The molecule has 0 aliphatic carbocycles. The summed E-state index contributed by atoms with van der Waals surface area (Å²) in [4.78, 5) is 17.3. The van der Waals surface area contributed by atoms with E-state index in [1.165, 1.54) is 5.56 Å². The molecule has 0 bridgehead atoms. The third kappa shape index (κ3) is 4.55. The first kappa shape index (κ1) is 17.4. The molecule has 5 heteroatoms. The topological polar surface area (TPSA) is 35.6 Å². The van der Waals surface area contributed by atoms with E-state index in [4.69, 9.17) is 0 Å². The Balaban J connectivity index is 1.65. The summed E-state index contributed by atoms with van der Waals surface area (Å²) >= 11 is 2.19. The molecule has 126 valence electrons. The van der Waals surface area contributed by atoms with Gasteiger partial charge in [0, 0.05) is 42.0 Å². The van der Waals surface area contributed by atoms with Crippen molar-refractivity contribution in [1.82, 2.24) is 9.80 Å². The molecule has 1 N–H and O–H groups in total. The first-order valence-corrected chi connectivity index (χ1v) is 9.25. The highest BCUT2D eigenvalue weighted by atomic mass is 127. The van der Waals surface area contributed by atoms with Gasteiger partial charge >= 0.3 is 0 Å². The van der Waals surface area contributed by atoms with E-state index in [0.717, 1.165) is 42.0 Å². The summed E-state index contributed by atoms with van der Waals surface area (Å²) in [5.41, 5.74) is 2.80. The number of amides is 1. The molecule has 1 fully saturated rings. The first-order chi connectivity index (χ1) is 11.6. The number of benzene rings is 2. The smallest absolute Gasteiger partial charge is 0.256 e. The second-order valence-corrected chi connectivity index (χ2v) is 7.38. The summed E-state index contributed by atoms with van der Waals surface area (Å²) in [6, 6.07) is 15.8. The molecule has 1 amide bonds. The van der Waals surface area contributed by atoms with Crippen LogP contribution in [-0.2, 0) is 6.54 Å². The van der Waals surface area contributed by atoms with Gasteiger partial charge in [0.05, 0.1) is 5.56 Å². The van der Waals surface area contributed by atoms with E-state index in [-0.39, 0.29) is 5.91 Å². The SMILES string of the molecule is CN1CCN(Cc2cccc(NC(=O)c3ccccc3I)c2)CC1. The fraction of sp³-hybridized carbons (Fsp3) is 0.316. The minimum Gasteiger partial charge on any atom is -0.322 e. The zero-order chi connectivity index (χ0) is 16.9. The normalized spacial score (nSPS) is 16.1. The molecule has 2 aromatic carbocycles. The Morgan fingerprint density at radius 3 is 2.58 bits per heavy atom. The zero-order valence-corrected chi connectivity index (χ0v) is 16.0. The van der Waals surface area contributed by atoms with Crippen LogP contribution in [0.5, 0.6) is 0 Å². The van der Waals surface area contributed by atoms with Crippen molar-refractivity contribution in [3.8, 4) is 0 Å². The highest BCUT2D eigenvalue weighted by molar-refractivity contribution is 14.1. The average Bonchev–Trinajstić information content (AvgIpc) is 2.58. The summed E-state index contributed by atoms with van der Waals surface area (Å²) in [7, 11) is 2.17. The molecule has 24 heavy (non-hydrogen) atoms. The number of hydrogen-bond acceptors (Lipinski definition) is 3. The Morgan fingerprint density at radius 2 is 1.83 bits per heavy atom. The summed E-state index contributed by atoms with van der Waals surface area (Å²) < 4.78 is 0.959. The minimum atomic E-state index is -0.0586. The third-order valence-electron chi connectivity index (χ3n) is 4.31. The lowest BCUT2D eigenvalue weighted by Gasteiger charge is -2.32. The largest absolute Gasteiger partial charge is 0.322 e. The Kier molecular flexibility index (Phi) is 5.86. The number of hydrogen-bond donors (Lipinski definition) is 1. The standard InChI is InChI=1S/C19H22IN3O/c1-22-9-11-23(12-10-22)14-15-5-4-6-16(13-15)21-19(24)17-7-2-3-8-18(17)20/h2-8,13H,9-12,14H2,1H3,(H,21,24). The number of likely N-dealkylation sites (N-methyl/N-ethyl adjacent to an activating group) is 1. The van der Waals surface area contributed by atoms with E-state index in [2.05, 4.69) is 56.9 Å². The third-order valence-corrected chi connectivity index (χ3v) is 5.25. The van der Waals surface area contributed by atoms with Crippen molar-refractivity contribution in [1.29, 1.82) is 0 Å². The van der Waals surface area contributed by atoms with Crippen LogP contribution in [0.15, 0.2) is 48.5 Å². The molecule has 1 saturated heterocycles. The van der Waals surface area contributed by atoms with E-state index in [1.807, 2.05) is 36.4 Å². The molecule has 0 atom stereocenters. The van der Waals surface area contributed by atoms with Gasteiger partial charge in [0.25, 0.3) is 5.91 Å². The molecule has 0 unspecified atom stereocenters. The van der Waals surface area contributed by atoms with Crippen LogP contribution >= 0.6 is 22.6 Å². The van der Waals surface area contributed by atoms with Crippen molar-refractivity contribution in [3.63, 3.8) is 0 Å². The van der Waals surface area contributed by atoms with Crippen LogP contribution < -0.4 is 5.32 Å². The van der Waals surface area contributed by atoms with E-state index in [9.17, 15) is 4.79 Å². The number of nitrogens with one attached hydrogen (secondary N) is 1. The summed E-state index contributed by atoms with van der Waals surface area (Å²) in [5, 5.41) is 3.01. The van der Waals surface area contributed by atoms with Gasteiger partial charge < -0.3 is 10.2 Å². The maximum Gasteiger partial charge on any atom is 0.256 e. The van der Waals surface area contributed by atoms with Crippen LogP contribution in [0.3, 0.4) is 0 Å². The summed E-state index contributed by atoms with van der Waals surface area (Å²) in [6.07, 6.45) is 0. The predicted octanol–water partition coefficient (Wildman–Crippen LogP) is 3.29. The van der Waals surface area contributed by atoms with Gasteiger partial charge in [0.1, 0.15) is 0 Å². The molecule has 3 rings (SSSR count). The monoisotopic (exact) mass is 435 g/mol. The van der Waals surface area contributed by atoms with E-state index in [1.54, 1.807) is 0 Å². The Bertz CT molecular complexity index is 711. The Morgan fingerprint density at radius 1 is 1.08 bits per heavy atom. The lowest BCUT2D eigenvalue weighted by Crippen LogP contribution is -2.43.